The standard InChI is InChI=1S/C10H16N2O2S/c1-6-4-7(11)5-12-9(6)10(14)8(13)2-3-15/h4-5,8,10,13-15H,2-3,11H2,1H3. The number of aliphatic hydroxyl groups excluding tert-OH is 2. The fraction of sp³-hybridized carbons (Fsp3) is 0.500. The molecule has 15 heavy (non-hydrogen) atoms. The van der Waals surface area contributed by atoms with Crippen molar-refractivity contribution in [2.45, 2.75) is 25.6 Å². The molecule has 0 aliphatic carbocycles. The summed E-state index contributed by atoms with van der Waals surface area (Å²) in [5, 5.41) is 19.4. The van der Waals surface area contributed by atoms with Crippen LogP contribution in [0, 0.1) is 6.92 Å². The van der Waals surface area contributed by atoms with Gasteiger partial charge in [0.05, 0.1) is 23.7 Å². The highest BCUT2D eigenvalue weighted by atomic mass is 32.1. The molecule has 0 saturated heterocycles. The molecule has 0 aromatic carbocycles. The van der Waals surface area contributed by atoms with E-state index in [1.807, 2.05) is 0 Å². The van der Waals surface area contributed by atoms with E-state index in [1.165, 1.54) is 6.20 Å². The summed E-state index contributed by atoms with van der Waals surface area (Å²) >= 11 is 4.00. The number of pyridine rings is 1. The predicted octanol–water partition coefficient (Wildman–Crippen LogP) is 0.686. The van der Waals surface area contributed by atoms with E-state index in [-0.39, 0.29) is 0 Å². The van der Waals surface area contributed by atoms with E-state index in [9.17, 15) is 10.2 Å². The second-order valence-corrected chi connectivity index (χ2v) is 3.94. The first-order valence-corrected chi connectivity index (χ1v) is 5.38. The fourth-order valence-electron chi connectivity index (χ4n) is 1.39. The van der Waals surface area contributed by atoms with Crippen molar-refractivity contribution in [2.24, 2.45) is 0 Å². The number of thiol groups is 1. The highest BCUT2D eigenvalue weighted by molar-refractivity contribution is 7.80. The van der Waals surface area contributed by atoms with Crippen LogP contribution >= 0.6 is 12.6 Å². The highest BCUT2D eigenvalue weighted by Crippen LogP contribution is 2.21. The molecule has 0 spiro atoms. The summed E-state index contributed by atoms with van der Waals surface area (Å²) in [4.78, 5) is 4.02. The molecule has 0 bridgehead atoms. The van der Waals surface area contributed by atoms with Gasteiger partial charge in [-0.1, -0.05) is 0 Å². The van der Waals surface area contributed by atoms with Crippen LogP contribution in [0.2, 0.25) is 0 Å². The lowest BCUT2D eigenvalue weighted by molar-refractivity contribution is 0.0143. The van der Waals surface area contributed by atoms with Crippen molar-refractivity contribution in [3.05, 3.63) is 23.5 Å². The molecule has 0 aliphatic rings. The number of anilines is 1. The van der Waals surface area contributed by atoms with Gasteiger partial charge >= 0.3 is 0 Å². The number of nitrogens with zero attached hydrogens (tertiary/aromatic N) is 1. The molecular formula is C10H16N2O2S. The molecule has 0 fully saturated rings. The van der Waals surface area contributed by atoms with Crippen LogP contribution in [0.5, 0.6) is 0 Å². The number of aryl methyl sites for hydroxylation is 1. The maximum Gasteiger partial charge on any atom is 0.122 e. The van der Waals surface area contributed by atoms with Crippen LogP contribution in [0.4, 0.5) is 5.69 Å². The Balaban J connectivity index is 2.86. The molecule has 2 atom stereocenters. The highest BCUT2D eigenvalue weighted by Gasteiger charge is 2.20. The molecule has 0 saturated carbocycles. The van der Waals surface area contributed by atoms with E-state index >= 15 is 0 Å². The number of rotatable bonds is 4. The Labute approximate surface area is 94.6 Å². The number of nitrogen functional groups attached to an aromatic ring is 1. The van der Waals surface area contributed by atoms with E-state index in [4.69, 9.17) is 5.73 Å². The third-order valence-electron chi connectivity index (χ3n) is 2.21. The molecule has 1 aromatic rings. The lowest BCUT2D eigenvalue weighted by atomic mass is 10.0. The lowest BCUT2D eigenvalue weighted by Crippen LogP contribution is -2.20. The second-order valence-electron chi connectivity index (χ2n) is 3.50. The molecule has 1 aromatic heterocycles. The number of aliphatic hydroxyl groups is 2. The zero-order chi connectivity index (χ0) is 11.4. The monoisotopic (exact) mass is 228 g/mol. The molecule has 84 valence electrons. The maximum absolute atomic E-state index is 9.80. The van der Waals surface area contributed by atoms with Gasteiger partial charge in [0.15, 0.2) is 0 Å². The summed E-state index contributed by atoms with van der Waals surface area (Å²) in [6.45, 7) is 1.80. The lowest BCUT2D eigenvalue weighted by Gasteiger charge is -2.18. The Bertz CT molecular complexity index is 333. The van der Waals surface area contributed by atoms with Gasteiger partial charge in [-0.3, -0.25) is 4.98 Å². The minimum atomic E-state index is -0.974. The normalized spacial score (nSPS) is 14.9. The fourth-order valence-corrected chi connectivity index (χ4v) is 1.65. The van der Waals surface area contributed by atoms with E-state index in [2.05, 4.69) is 17.6 Å². The topological polar surface area (TPSA) is 79.4 Å². The summed E-state index contributed by atoms with van der Waals surface area (Å²) in [6.07, 6.45) is 0.0874. The van der Waals surface area contributed by atoms with Gasteiger partial charge in [0.2, 0.25) is 0 Å². The van der Waals surface area contributed by atoms with E-state index in [0.717, 1.165) is 5.56 Å². The van der Waals surface area contributed by atoms with Gasteiger partial charge in [-0.05, 0) is 30.7 Å². The van der Waals surface area contributed by atoms with Crippen LogP contribution in [-0.4, -0.2) is 27.1 Å². The summed E-state index contributed by atoms with van der Waals surface area (Å²) < 4.78 is 0. The van der Waals surface area contributed by atoms with Gasteiger partial charge in [-0.2, -0.15) is 12.6 Å². The van der Waals surface area contributed by atoms with Gasteiger partial charge in [-0.15, -0.1) is 0 Å². The molecule has 1 heterocycles. The Morgan fingerprint density at radius 3 is 2.73 bits per heavy atom. The Hall–Kier alpha value is -0.780. The van der Waals surface area contributed by atoms with Crippen molar-refractivity contribution in [1.82, 2.24) is 4.98 Å². The van der Waals surface area contributed by atoms with E-state index < -0.39 is 12.2 Å². The van der Waals surface area contributed by atoms with Crippen molar-refractivity contribution < 1.29 is 10.2 Å². The molecule has 5 heteroatoms. The maximum atomic E-state index is 9.80. The minimum absolute atomic E-state index is 0.426. The van der Waals surface area contributed by atoms with Crippen molar-refractivity contribution in [3.63, 3.8) is 0 Å². The van der Waals surface area contributed by atoms with Crippen LogP contribution < -0.4 is 5.73 Å². The predicted molar refractivity (Wildman–Crippen MR) is 62.8 cm³/mol. The van der Waals surface area contributed by atoms with Gasteiger partial charge in [0, 0.05) is 0 Å². The Kier molecular flexibility index (Phi) is 4.38. The van der Waals surface area contributed by atoms with Gasteiger partial charge in [0.1, 0.15) is 6.10 Å². The Morgan fingerprint density at radius 2 is 2.20 bits per heavy atom. The minimum Gasteiger partial charge on any atom is -0.397 e. The van der Waals surface area contributed by atoms with E-state index in [0.29, 0.717) is 23.6 Å². The SMILES string of the molecule is Cc1cc(N)cnc1C(O)C(O)CCS. The largest absolute Gasteiger partial charge is 0.397 e. The van der Waals surface area contributed by atoms with E-state index in [1.54, 1.807) is 13.0 Å². The second kappa shape index (κ2) is 5.34. The van der Waals surface area contributed by atoms with Crippen LogP contribution in [0.3, 0.4) is 0 Å². The first-order valence-electron chi connectivity index (χ1n) is 4.75. The van der Waals surface area contributed by atoms with Crippen LogP contribution in [0.1, 0.15) is 23.8 Å². The van der Waals surface area contributed by atoms with Gasteiger partial charge < -0.3 is 15.9 Å². The molecule has 0 aliphatic heterocycles. The number of hydrogen-bond donors (Lipinski definition) is 4. The third-order valence-corrected chi connectivity index (χ3v) is 2.47. The number of aromatic nitrogens is 1. The smallest absolute Gasteiger partial charge is 0.122 e. The zero-order valence-electron chi connectivity index (χ0n) is 8.59. The molecule has 0 amide bonds. The first kappa shape index (κ1) is 12.3. The number of nitrogens with two attached hydrogens (primary N) is 1. The third kappa shape index (κ3) is 3.09. The van der Waals surface area contributed by atoms with Crippen LogP contribution in [-0.2, 0) is 0 Å². The van der Waals surface area contributed by atoms with Crippen molar-refractivity contribution >= 4 is 18.3 Å². The quantitative estimate of drug-likeness (QED) is 0.572. The first-order chi connectivity index (χ1) is 7.06. The van der Waals surface area contributed by atoms with Gasteiger partial charge in [-0.25, -0.2) is 0 Å². The summed E-state index contributed by atoms with van der Waals surface area (Å²) in [7, 11) is 0. The zero-order valence-corrected chi connectivity index (χ0v) is 9.48. The molecule has 4 N–H and O–H groups in total. The summed E-state index contributed by atoms with van der Waals surface area (Å²) in [6, 6.07) is 1.72. The van der Waals surface area contributed by atoms with Crippen molar-refractivity contribution in [3.8, 4) is 0 Å². The Morgan fingerprint density at radius 1 is 1.53 bits per heavy atom. The van der Waals surface area contributed by atoms with Crippen LogP contribution in [0.15, 0.2) is 12.3 Å². The van der Waals surface area contributed by atoms with Crippen LogP contribution in [0.25, 0.3) is 0 Å². The average Bonchev–Trinajstić information content (AvgIpc) is 2.17. The molecule has 1 rings (SSSR count). The molecular weight excluding hydrogens is 212 g/mol. The summed E-state index contributed by atoms with van der Waals surface area (Å²) in [5.41, 5.74) is 7.34. The molecule has 4 nitrogen and oxygen atoms in total. The van der Waals surface area contributed by atoms with Gasteiger partial charge in [0.25, 0.3) is 0 Å². The van der Waals surface area contributed by atoms with Crippen molar-refractivity contribution in [1.29, 1.82) is 0 Å². The van der Waals surface area contributed by atoms with Crippen molar-refractivity contribution in [2.75, 3.05) is 11.5 Å². The summed E-state index contributed by atoms with van der Waals surface area (Å²) in [5.74, 6) is 0.520. The average molecular weight is 228 g/mol. The molecule has 0 radical (unpaired) electrons. The number of hydrogen-bond acceptors (Lipinski definition) is 5. The molecule has 2 unspecified atom stereocenters.